The van der Waals surface area contributed by atoms with E-state index in [1.54, 1.807) is 5.57 Å². The highest BCUT2D eigenvalue weighted by Gasteiger charge is 2.04. The fraction of sp³-hybridized carbons (Fsp3) is 0.765. The van der Waals surface area contributed by atoms with Crippen molar-refractivity contribution in [3.8, 4) is 0 Å². The number of nitrogens with one attached hydrogen (secondary N) is 2. The van der Waals surface area contributed by atoms with Crippen LogP contribution in [-0.4, -0.2) is 43.8 Å². The first-order chi connectivity index (χ1) is 10.0. The number of likely N-dealkylation sites (N-methyl/N-ethyl adjacent to an activating group) is 1. The van der Waals surface area contributed by atoms with Crippen LogP contribution in [0.5, 0.6) is 0 Å². The number of ether oxygens (including phenoxy) is 1. The van der Waals surface area contributed by atoms with Crippen LogP contribution in [0.1, 0.15) is 59.8 Å². The molecule has 0 aromatic heterocycles. The number of nitrogens with zero attached hydrogens (tertiary/aromatic N) is 1. The third-order valence-corrected chi connectivity index (χ3v) is 2.76. The zero-order valence-corrected chi connectivity index (χ0v) is 14.7. The molecule has 1 aliphatic heterocycles. The average molecular weight is 297 g/mol. The van der Waals surface area contributed by atoms with E-state index in [-0.39, 0.29) is 5.90 Å². The summed E-state index contributed by atoms with van der Waals surface area (Å²) in [6.45, 7) is 11.5. The molecule has 21 heavy (non-hydrogen) atoms. The molecule has 1 heterocycles. The lowest BCUT2D eigenvalue weighted by molar-refractivity contribution is 0.300. The van der Waals surface area contributed by atoms with Crippen molar-refractivity contribution >= 4 is 12.1 Å². The molecular formula is C17H35N3O. The molecule has 0 unspecified atom stereocenters. The Bertz CT molecular complexity index is 288. The summed E-state index contributed by atoms with van der Waals surface area (Å²) in [6, 6.07) is 0. The second kappa shape index (κ2) is 16.9. The van der Waals surface area contributed by atoms with E-state index in [0.717, 1.165) is 19.1 Å². The van der Waals surface area contributed by atoms with Crippen LogP contribution in [0.4, 0.5) is 0 Å². The van der Waals surface area contributed by atoms with Gasteiger partial charge in [-0.2, -0.15) is 0 Å². The van der Waals surface area contributed by atoms with Crippen molar-refractivity contribution < 1.29 is 4.74 Å². The molecule has 0 aromatic carbocycles. The summed E-state index contributed by atoms with van der Waals surface area (Å²) in [4.78, 5) is 2.37. The summed E-state index contributed by atoms with van der Waals surface area (Å²) in [5, 5.41) is 13.4. The minimum absolute atomic E-state index is 0.0524. The molecule has 0 spiro atoms. The van der Waals surface area contributed by atoms with E-state index >= 15 is 0 Å². The first kappa shape index (κ1) is 22.1. The van der Waals surface area contributed by atoms with Gasteiger partial charge in [-0.3, -0.25) is 5.41 Å². The molecule has 0 aliphatic carbocycles. The topological polar surface area (TPSA) is 60.2 Å². The van der Waals surface area contributed by atoms with E-state index in [0.29, 0.717) is 6.61 Å². The summed E-state index contributed by atoms with van der Waals surface area (Å²) in [7, 11) is 2.18. The van der Waals surface area contributed by atoms with Crippen LogP contribution in [0.2, 0.25) is 0 Å². The van der Waals surface area contributed by atoms with Crippen LogP contribution < -0.4 is 0 Å². The van der Waals surface area contributed by atoms with Crippen LogP contribution in [-0.2, 0) is 4.74 Å². The Balaban J connectivity index is 0. The molecule has 0 atom stereocenters. The summed E-state index contributed by atoms with van der Waals surface area (Å²) >= 11 is 0. The van der Waals surface area contributed by atoms with E-state index < -0.39 is 0 Å². The van der Waals surface area contributed by atoms with Gasteiger partial charge >= 0.3 is 0 Å². The predicted molar refractivity (Wildman–Crippen MR) is 93.8 cm³/mol. The van der Waals surface area contributed by atoms with Gasteiger partial charge in [-0.05, 0) is 26.3 Å². The molecule has 1 rings (SSSR count). The smallest absolute Gasteiger partial charge is 0.223 e. The fourth-order valence-electron chi connectivity index (χ4n) is 1.60. The molecule has 0 bridgehead atoms. The molecule has 4 nitrogen and oxygen atoms in total. The van der Waals surface area contributed by atoms with Crippen molar-refractivity contribution in [3.05, 3.63) is 11.6 Å². The molecule has 124 valence electrons. The highest BCUT2D eigenvalue weighted by molar-refractivity contribution is 6.23. The molecule has 0 saturated carbocycles. The first-order valence-electron chi connectivity index (χ1n) is 8.13. The number of rotatable bonds is 5. The van der Waals surface area contributed by atoms with E-state index in [2.05, 4.69) is 45.7 Å². The Morgan fingerprint density at radius 1 is 1.33 bits per heavy atom. The highest BCUT2D eigenvalue weighted by Crippen LogP contribution is 2.09. The molecular weight excluding hydrogens is 262 g/mol. The van der Waals surface area contributed by atoms with Gasteiger partial charge in [0, 0.05) is 13.1 Å². The Hall–Kier alpha value is -1.16. The summed E-state index contributed by atoms with van der Waals surface area (Å²) in [5.41, 5.74) is 1.60. The summed E-state index contributed by atoms with van der Waals surface area (Å²) in [6.07, 6.45) is 9.02. The average Bonchev–Trinajstić information content (AvgIpc) is 2.48. The van der Waals surface area contributed by atoms with Gasteiger partial charge in [0.1, 0.15) is 0 Å². The zero-order valence-electron chi connectivity index (χ0n) is 14.7. The fourth-order valence-corrected chi connectivity index (χ4v) is 1.60. The second-order valence-corrected chi connectivity index (χ2v) is 5.16. The van der Waals surface area contributed by atoms with Crippen molar-refractivity contribution in [2.24, 2.45) is 0 Å². The van der Waals surface area contributed by atoms with Crippen molar-refractivity contribution in [2.75, 3.05) is 26.7 Å². The Morgan fingerprint density at radius 3 is 2.33 bits per heavy atom. The maximum Gasteiger partial charge on any atom is 0.223 e. The quantitative estimate of drug-likeness (QED) is 0.339. The summed E-state index contributed by atoms with van der Waals surface area (Å²) in [5.74, 6) is -0.0524. The molecule has 4 heteroatoms. The molecule has 0 fully saturated rings. The molecule has 2 N–H and O–H groups in total. The van der Waals surface area contributed by atoms with E-state index in [4.69, 9.17) is 15.6 Å². The third kappa shape index (κ3) is 16.8. The maximum atomic E-state index is 6.85. The van der Waals surface area contributed by atoms with E-state index in [1.807, 2.05) is 0 Å². The number of unbranched alkanes of at least 4 members (excludes halogenated alkanes) is 1. The van der Waals surface area contributed by atoms with Gasteiger partial charge < -0.3 is 15.0 Å². The highest BCUT2D eigenvalue weighted by atomic mass is 16.5. The van der Waals surface area contributed by atoms with Gasteiger partial charge in [0.25, 0.3) is 0 Å². The SMILES string of the molecule is CCC.CCC1=CCCN(C)C1.CCCCOC(=N)C=N. The first-order valence-corrected chi connectivity index (χ1v) is 8.13. The Labute approximate surface area is 131 Å². The zero-order chi connectivity index (χ0) is 16.5. The molecule has 0 amide bonds. The Morgan fingerprint density at radius 2 is 1.95 bits per heavy atom. The normalized spacial score (nSPS) is 13.9. The van der Waals surface area contributed by atoms with Crippen molar-refractivity contribution in [3.63, 3.8) is 0 Å². The van der Waals surface area contributed by atoms with Crippen LogP contribution >= 0.6 is 0 Å². The van der Waals surface area contributed by atoms with Crippen LogP contribution in [0.25, 0.3) is 0 Å². The monoisotopic (exact) mass is 297 g/mol. The minimum atomic E-state index is -0.0524. The van der Waals surface area contributed by atoms with Gasteiger partial charge in [-0.15, -0.1) is 0 Å². The van der Waals surface area contributed by atoms with Gasteiger partial charge in [0.15, 0.2) is 0 Å². The van der Waals surface area contributed by atoms with Gasteiger partial charge in [-0.1, -0.05) is 52.2 Å². The lowest BCUT2D eigenvalue weighted by atomic mass is 10.1. The van der Waals surface area contributed by atoms with Crippen molar-refractivity contribution in [1.29, 1.82) is 10.8 Å². The lowest BCUT2D eigenvalue weighted by Gasteiger charge is -2.21. The second-order valence-electron chi connectivity index (χ2n) is 5.16. The van der Waals surface area contributed by atoms with Gasteiger partial charge in [0.2, 0.25) is 5.90 Å². The van der Waals surface area contributed by atoms with Gasteiger partial charge in [0.05, 0.1) is 12.8 Å². The minimum Gasteiger partial charge on any atom is -0.477 e. The summed E-state index contributed by atoms with van der Waals surface area (Å²) < 4.78 is 4.77. The lowest BCUT2D eigenvalue weighted by Crippen LogP contribution is -2.25. The maximum absolute atomic E-state index is 6.85. The van der Waals surface area contributed by atoms with E-state index in [9.17, 15) is 0 Å². The van der Waals surface area contributed by atoms with Crippen LogP contribution in [0.3, 0.4) is 0 Å². The third-order valence-electron chi connectivity index (χ3n) is 2.76. The van der Waals surface area contributed by atoms with E-state index in [1.165, 1.54) is 32.4 Å². The Kier molecular flexibility index (Phi) is 17.8. The van der Waals surface area contributed by atoms with Crippen molar-refractivity contribution in [1.82, 2.24) is 4.90 Å². The van der Waals surface area contributed by atoms with Crippen LogP contribution in [0.15, 0.2) is 11.6 Å². The van der Waals surface area contributed by atoms with Gasteiger partial charge in [-0.25, -0.2) is 0 Å². The predicted octanol–water partition coefficient (Wildman–Crippen LogP) is 4.50. The largest absolute Gasteiger partial charge is 0.477 e. The number of hydrogen-bond donors (Lipinski definition) is 2. The molecule has 0 radical (unpaired) electrons. The standard InChI is InChI=1S/C8H15N.C6H12N2O.C3H8/c1-3-8-5-4-6-9(2)7-8;1-2-3-4-9-6(8)5-7;1-3-2/h5H,3-4,6-7H2,1-2H3;5,7-8H,2-4H2,1H3;3H2,1-2H3. The number of hydrogen-bond acceptors (Lipinski definition) is 4. The van der Waals surface area contributed by atoms with Crippen molar-refractivity contribution in [2.45, 2.75) is 59.8 Å². The molecule has 0 aromatic rings. The molecule has 0 saturated heterocycles. The van der Waals surface area contributed by atoms with Crippen LogP contribution in [0, 0.1) is 10.8 Å². The molecule has 1 aliphatic rings.